The standard InChI is InChI=1S/C19H21BrNO4PS/c1-3-23-26(22,24-4-2)19(15-8-6-5-7-9-15)17(25-18(27)21-19)14-10-12-16(20)13-11-14/h5-13,17H,3-4H2,1-2H3,(H,21,27)/t17-,19-/m1/s1. The van der Waals surface area contributed by atoms with Crippen molar-refractivity contribution in [2.24, 2.45) is 0 Å². The lowest BCUT2D eigenvalue weighted by molar-refractivity contribution is 0.136. The first kappa shape index (κ1) is 20.5. The van der Waals surface area contributed by atoms with Crippen molar-refractivity contribution in [3.8, 4) is 0 Å². The molecule has 0 amide bonds. The maximum atomic E-state index is 14.1. The van der Waals surface area contributed by atoms with Crippen LogP contribution in [0, 0.1) is 0 Å². The smallest absolute Gasteiger partial charge is 0.364 e. The fourth-order valence-electron chi connectivity index (χ4n) is 3.26. The van der Waals surface area contributed by atoms with Gasteiger partial charge < -0.3 is 19.1 Å². The summed E-state index contributed by atoms with van der Waals surface area (Å²) in [5.41, 5.74) is 1.54. The van der Waals surface area contributed by atoms with Crippen LogP contribution in [-0.4, -0.2) is 18.4 Å². The second-order valence-electron chi connectivity index (χ2n) is 5.93. The second kappa shape index (κ2) is 8.41. The van der Waals surface area contributed by atoms with Crippen LogP contribution in [0.5, 0.6) is 0 Å². The fourth-order valence-corrected chi connectivity index (χ4v) is 6.21. The molecule has 1 saturated heterocycles. The van der Waals surface area contributed by atoms with Gasteiger partial charge in [0.2, 0.25) is 5.28 Å². The number of ether oxygens (including phenoxy) is 1. The lowest BCUT2D eigenvalue weighted by atomic mass is 9.95. The van der Waals surface area contributed by atoms with Crippen LogP contribution in [0.4, 0.5) is 0 Å². The Kier molecular flexibility index (Phi) is 6.39. The number of benzene rings is 2. The Morgan fingerprint density at radius 3 is 2.26 bits per heavy atom. The monoisotopic (exact) mass is 469 g/mol. The van der Waals surface area contributed by atoms with Gasteiger partial charge in [-0.2, -0.15) is 0 Å². The summed E-state index contributed by atoms with van der Waals surface area (Å²) < 4.78 is 32.5. The van der Waals surface area contributed by atoms with Crippen molar-refractivity contribution in [1.29, 1.82) is 0 Å². The van der Waals surface area contributed by atoms with E-state index in [1.807, 2.05) is 54.6 Å². The largest absolute Gasteiger partial charge is 0.459 e. The molecule has 0 bridgehead atoms. The van der Waals surface area contributed by atoms with Crippen molar-refractivity contribution < 1.29 is 18.3 Å². The molecule has 27 heavy (non-hydrogen) atoms. The molecule has 0 saturated carbocycles. The van der Waals surface area contributed by atoms with E-state index in [1.54, 1.807) is 13.8 Å². The van der Waals surface area contributed by atoms with Gasteiger partial charge in [0.1, 0.15) is 0 Å². The van der Waals surface area contributed by atoms with Gasteiger partial charge in [-0.15, -0.1) is 0 Å². The minimum absolute atomic E-state index is 0.159. The van der Waals surface area contributed by atoms with Crippen molar-refractivity contribution in [3.63, 3.8) is 0 Å². The zero-order valence-electron chi connectivity index (χ0n) is 15.1. The SMILES string of the molecule is CCOP(=O)(OCC)[C@@]1(c2ccccc2)NC(=S)O[C@@H]1c1ccc(Br)cc1. The first-order chi connectivity index (χ1) is 13.0. The highest BCUT2D eigenvalue weighted by atomic mass is 79.9. The summed E-state index contributed by atoms with van der Waals surface area (Å²) in [5.74, 6) is 0. The van der Waals surface area contributed by atoms with E-state index in [0.717, 1.165) is 15.6 Å². The summed E-state index contributed by atoms with van der Waals surface area (Å²) in [7, 11) is -3.73. The Hall–Kier alpha value is -1.24. The predicted molar refractivity (Wildman–Crippen MR) is 113 cm³/mol. The van der Waals surface area contributed by atoms with E-state index < -0.39 is 19.0 Å². The van der Waals surface area contributed by atoms with Crippen LogP contribution < -0.4 is 5.32 Å². The highest BCUT2D eigenvalue weighted by molar-refractivity contribution is 9.10. The van der Waals surface area contributed by atoms with E-state index in [4.69, 9.17) is 26.0 Å². The maximum absolute atomic E-state index is 14.1. The van der Waals surface area contributed by atoms with Crippen LogP contribution in [0.2, 0.25) is 0 Å². The van der Waals surface area contributed by atoms with Crippen molar-refractivity contribution >= 4 is 40.9 Å². The molecule has 0 radical (unpaired) electrons. The number of hydrogen-bond donors (Lipinski definition) is 1. The van der Waals surface area contributed by atoms with Gasteiger partial charge in [0.05, 0.1) is 13.2 Å². The van der Waals surface area contributed by atoms with Crippen LogP contribution in [0.25, 0.3) is 0 Å². The molecule has 0 aromatic heterocycles. The second-order valence-corrected chi connectivity index (χ2v) is 9.43. The molecule has 144 valence electrons. The van der Waals surface area contributed by atoms with E-state index in [0.29, 0.717) is 0 Å². The van der Waals surface area contributed by atoms with Gasteiger partial charge >= 0.3 is 7.60 Å². The Morgan fingerprint density at radius 1 is 1.11 bits per heavy atom. The maximum Gasteiger partial charge on any atom is 0.364 e. The zero-order chi connectivity index (χ0) is 19.5. The molecule has 1 aliphatic rings. The normalized spacial score (nSPS) is 22.3. The quantitative estimate of drug-likeness (QED) is 0.425. The average Bonchev–Trinajstić information content (AvgIpc) is 3.02. The number of rotatable bonds is 7. The van der Waals surface area contributed by atoms with Crippen LogP contribution in [-0.2, 0) is 23.6 Å². The number of halogens is 1. The molecule has 3 rings (SSSR count). The first-order valence-corrected chi connectivity index (χ1v) is 11.4. The summed E-state index contributed by atoms with van der Waals surface area (Å²) in [6.07, 6.45) is -0.676. The molecule has 1 heterocycles. The van der Waals surface area contributed by atoms with Gasteiger partial charge in [-0.3, -0.25) is 4.57 Å². The van der Waals surface area contributed by atoms with E-state index >= 15 is 0 Å². The Morgan fingerprint density at radius 2 is 1.70 bits per heavy atom. The van der Waals surface area contributed by atoms with E-state index in [9.17, 15) is 4.57 Å². The number of thiocarbonyl (C=S) groups is 1. The van der Waals surface area contributed by atoms with Gasteiger partial charge in [0.25, 0.3) is 5.17 Å². The van der Waals surface area contributed by atoms with E-state index in [-0.39, 0.29) is 18.4 Å². The van der Waals surface area contributed by atoms with Crippen LogP contribution in [0.1, 0.15) is 31.1 Å². The summed E-state index contributed by atoms with van der Waals surface area (Å²) in [5, 5.41) is 2.01. The van der Waals surface area contributed by atoms with Gasteiger partial charge in [0, 0.05) is 4.47 Å². The predicted octanol–water partition coefficient (Wildman–Crippen LogP) is 5.51. The number of hydrogen-bond acceptors (Lipinski definition) is 5. The molecule has 2 aromatic rings. The molecule has 8 heteroatoms. The molecule has 0 aliphatic carbocycles. The minimum Gasteiger partial charge on any atom is -0.459 e. The molecule has 0 unspecified atom stereocenters. The highest BCUT2D eigenvalue weighted by Gasteiger charge is 2.63. The molecular formula is C19H21BrNO4PS. The van der Waals surface area contributed by atoms with Gasteiger partial charge in [-0.25, -0.2) is 0 Å². The number of nitrogens with one attached hydrogen (secondary N) is 1. The summed E-state index contributed by atoms with van der Waals surface area (Å²) in [6.45, 7) is 4.03. The third-order valence-corrected chi connectivity index (χ3v) is 7.71. The Balaban J connectivity index is 2.26. The third-order valence-electron chi connectivity index (χ3n) is 4.31. The summed E-state index contributed by atoms with van der Waals surface area (Å²) in [6, 6.07) is 17.0. The lowest BCUT2D eigenvalue weighted by Crippen LogP contribution is -2.43. The topological polar surface area (TPSA) is 56.8 Å². The zero-order valence-corrected chi connectivity index (χ0v) is 18.4. The Labute approximate surface area is 173 Å². The molecule has 1 N–H and O–H groups in total. The van der Waals surface area contributed by atoms with Crippen LogP contribution in [0.15, 0.2) is 59.1 Å². The Bertz CT molecular complexity index is 839. The van der Waals surface area contributed by atoms with Crippen molar-refractivity contribution in [2.45, 2.75) is 25.2 Å². The molecule has 0 spiro atoms. The highest BCUT2D eigenvalue weighted by Crippen LogP contribution is 2.70. The van der Waals surface area contributed by atoms with Crippen LogP contribution in [0.3, 0.4) is 0 Å². The molecular weight excluding hydrogens is 449 g/mol. The van der Waals surface area contributed by atoms with Crippen molar-refractivity contribution in [3.05, 3.63) is 70.2 Å². The van der Waals surface area contributed by atoms with Crippen LogP contribution >= 0.6 is 35.7 Å². The summed E-state index contributed by atoms with van der Waals surface area (Å²) in [4.78, 5) is 0. The van der Waals surface area contributed by atoms with Gasteiger partial charge in [-0.05, 0) is 49.3 Å². The summed E-state index contributed by atoms with van der Waals surface area (Å²) >= 11 is 8.78. The lowest BCUT2D eigenvalue weighted by Gasteiger charge is -2.38. The van der Waals surface area contributed by atoms with E-state index in [1.165, 1.54) is 0 Å². The van der Waals surface area contributed by atoms with Gasteiger partial charge in [0.15, 0.2) is 6.10 Å². The molecule has 1 fully saturated rings. The van der Waals surface area contributed by atoms with E-state index in [2.05, 4.69) is 21.2 Å². The van der Waals surface area contributed by atoms with Crippen molar-refractivity contribution in [1.82, 2.24) is 5.32 Å². The van der Waals surface area contributed by atoms with Gasteiger partial charge in [-0.1, -0.05) is 58.4 Å². The molecule has 2 aromatic carbocycles. The fraction of sp³-hybridized carbons (Fsp3) is 0.316. The average molecular weight is 470 g/mol. The third kappa shape index (κ3) is 3.71. The first-order valence-electron chi connectivity index (χ1n) is 8.66. The molecule has 5 nitrogen and oxygen atoms in total. The minimum atomic E-state index is -3.73. The molecule has 2 atom stereocenters. The van der Waals surface area contributed by atoms with Crippen molar-refractivity contribution in [2.75, 3.05) is 13.2 Å². The molecule has 1 aliphatic heterocycles.